The molecule has 2 atom stereocenters. The lowest BCUT2D eigenvalue weighted by molar-refractivity contribution is 0.0923. The summed E-state index contributed by atoms with van der Waals surface area (Å²) in [6.07, 6.45) is 4.09. The number of aryl methyl sites for hydroxylation is 1. The normalized spacial score (nSPS) is 21.1. The first-order valence-corrected chi connectivity index (χ1v) is 10.3. The van der Waals surface area contributed by atoms with Crippen molar-refractivity contribution in [3.8, 4) is 11.5 Å². The fourth-order valence-corrected chi connectivity index (χ4v) is 4.54. The summed E-state index contributed by atoms with van der Waals surface area (Å²) < 4.78 is 13.3. The maximum Gasteiger partial charge on any atom is 0.251 e. The van der Waals surface area contributed by atoms with E-state index in [9.17, 15) is 4.79 Å². The Morgan fingerprint density at radius 3 is 2.79 bits per heavy atom. The summed E-state index contributed by atoms with van der Waals surface area (Å²) in [5.41, 5.74) is 2.80. The maximum atomic E-state index is 12.8. The third-order valence-corrected chi connectivity index (χ3v) is 6.00. The molecule has 1 aliphatic heterocycles. The van der Waals surface area contributed by atoms with Crippen molar-refractivity contribution in [3.63, 3.8) is 0 Å². The molecule has 1 aromatic heterocycles. The minimum atomic E-state index is -0.0578. The molecule has 1 saturated carbocycles. The molecule has 0 radical (unpaired) electrons. The van der Waals surface area contributed by atoms with Gasteiger partial charge in [0.25, 0.3) is 5.91 Å². The Labute approximate surface area is 169 Å². The lowest BCUT2D eigenvalue weighted by Gasteiger charge is -2.29. The molecule has 2 heterocycles. The minimum Gasteiger partial charge on any atom is -0.486 e. The summed E-state index contributed by atoms with van der Waals surface area (Å²) >= 11 is 0. The van der Waals surface area contributed by atoms with E-state index in [-0.39, 0.29) is 11.9 Å². The molecule has 150 valence electrons. The van der Waals surface area contributed by atoms with Gasteiger partial charge in [0.2, 0.25) is 0 Å². The lowest BCUT2D eigenvalue weighted by Crippen LogP contribution is -2.38. The van der Waals surface area contributed by atoms with E-state index in [1.807, 2.05) is 18.2 Å². The van der Waals surface area contributed by atoms with Gasteiger partial charge in [0.1, 0.15) is 19.0 Å². The van der Waals surface area contributed by atoms with Crippen LogP contribution in [-0.2, 0) is 7.05 Å². The van der Waals surface area contributed by atoms with E-state index in [1.54, 1.807) is 12.1 Å². The zero-order valence-electron chi connectivity index (χ0n) is 16.6. The topological polar surface area (TPSA) is 65.4 Å². The van der Waals surface area contributed by atoms with Gasteiger partial charge in [0.15, 0.2) is 11.5 Å². The summed E-state index contributed by atoms with van der Waals surface area (Å²) in [4.78, 5) is 17.7. The van der Waals surface area contributed by atoms with Crippen molar-refractivity contribution in [2.75, 3.05) is 13.2 Å². The van der Waals surface area contributed by atoms with Crippen LogP contribution >= 0.6 is 0 Å². The fraction of sp³-hybridized carbons (Fsp3) is 0.391. The minimum absolute atomic E-state index is 0.0578. The molecule has 5 rings (SSSR count). The van der Waals surface area contributed by atoms with Crippen molar-refractivity contribution >= 4 is 16.9 Å². The van der Waals surface area contributed by atoms with Crippen molar-refractivity contribution < 1.29 is 14.3 Å². The van der Waals surface area contributed by atoms with Crippen LogP contribution in [0.1, 0.15) is 47.8 Å². The lowest BCUT2D eigenvalue weighted by atomic mass is 9.85. The van der Waals surface area contributed by atoms with Crippen molar-refractivity contribution in [1.82, 2.24) is 14.9 Å². The van der Waals surface area contributed by atoms with Gasteiger partial charge in [-0.1, -0.05) is 18.6 Å². The van der Waals surface area contributed by atoms with Gasteiger partial charge < -0.3 is 19.4 Å². The molecule has 2 unspecified atom stereocenters. The molecule has 0 saturated heterocycles. The molecule has 2 aliphatic rings. The maximum absolute atomic E-state index is 12.8. The highest BCUT2D eigenvalue weighted by Crippen LogP contribution is 2.34. The molecule has 6 nitrogen and oxygen atoms in total. The Morgan fingerprint density at radius 2 is 1.93 bits per heavy atom. The molecule has 6 heteroatoms. The fourth-order valence-electron chi connectivity index (χ4n) is 4.54. The highest BCUT2D eigenvalue weighted by atomic mass is 16.6. The van der Waals surface area contributed by atoms with Crippen molar-refractivity contribution in [3.05, 3.63) is 53.9 Å². The zero-order valence-corrected chi connectivity index (χ0v) is 16.6. The molecule has 29 heavy (non-hydrogen) atoms. The number of hydrogen-bond donors (Lipinski definition) is 1. The molecule has 0 bridgehead atoms. The quantitative estimate of drug-likeness (QED) is 0.738. The average Bonchev–Trinajstić information content (AvgIpc) is 3.10. The molecule has 0 spiro atoms. The second-order valence-electron chi connectivity index (χ2n) is 7.91. The Bertz CT molecular complexity index is 1060. The second-order valence-corrected chi connectivity index (χ2v) is 7.91. The Balaban J connectivity index is 1.30. The van der Waals surface area contributed by atoms with Crippen LogP contribution in [0, 0.1) is 0 Å². The standard InChI is InChI=1S/C23H25N3O3/c1-26-19-8-3-2-7-18(19)25-22(26)15-5-4-6-17(13-15)24-23(27)16-9-10-20-21(14-16)29-12-11-28-20/h2-3,7-10,14-15,17H,4-6,11-13H2,1H3,(H,24,27). The number of fused-ring (bicyclic) bond motifs is 2. The first-order chi connectivity index (χ1) is 14.2. The van der Waals surface area contributed by atoms with E-state index in [2.05, 4.69) is 29.1 Å². The molecular weight excluding hydrogens is 366 g/mol. The van der Waals surface area contributed by atoms with Gasteiger partial charge in [0.05, 0.1) is 11.0 Å². The number of carbonyl (C=O) groups is 1. The van der Waals surface area contributed by atoms with E-state index < -0.39 is 0 Å². The zero-order chi connectivity index (χ0) is 19.8. The van der Waals surface area contributed by atoms with Crippen LogP contribution < -0.4 is 14.8 Å². The molecule has 1 N–H and O–H groups in total. The smallest absolute Gasteiger partial charge is 0.251 e. The van der Waals surface area contributed by atoms with Crippen molar-refractivity contribution in [1.29, 1.82) is 0 Å². The SMILES string of the molecule is Cn1c(C2CCCC(NC(=O)c3ccc4c(c3)OCCO4)C2)nc2ccccc21. The van der Waals surface area contributed by atoms with Crippen LogP contribution in [0.3, 0.4) is 0 Å². The Hall–Kier alpha value is -3.02. The van der Waals surface area contributed by atoms with E-state index in [4.69, 9.17) is 14.5 Å². The van der Waals surface area contributed by atoms with Gasteiger partial charge >= 0.3 is 0 Å². The Morgan fingerprint density at radius 1 is 1.10 bits per heavy atom. The number of amides is 1. The first kappa shape index (κ1) is 18.0. The third-order valence-electron chi connectivity index (χ3n) is 6.00. The monoisotopic (exact) mass is 391 g/mol. The van der Waals surface area contributed by atoms with Gasteiger partial charge in [-0.05, 0) is 49.6 Å². The number of carbonyl (C=O) groups excluding carboxylic acids is 1. The van der Waals surface area contributed by atoms with Crippen LogP contribution in [-0.4, -0.2) is 34.7 Å². The molecule has 1 amide bonds. The third kappa shape index (κ3) is 3.43. The average molecular weight is 391 g/mol. The second kappa shape index (κ2) is 7.43. The van der Waals surface area contributed by atoms with Crippen molar-refractivity contribution in [2.45, 2.75) is 37.6 Å². The van der Waals surface area contributed by atoms with Crippen molar-refractivity contribution in [2.24, 2.45) is 7.05 Å². The van der Waals surface area contributed by atoms with Crippen LogP contribution in [0.5, 0.6) is 11.5 Å². The van der Waals surface area contributed by atoms with E-state index in [0.29, 0.717) is 36.2 Å². The molecule has 1 aliphatic carbocycles. The predicted molar refractivity (Wildman–Crippen MR) is 111 cm³/mol. The molecule has 2 aromatic carbocycles. The highest BCUT2D eigenvalue weighted by Gasteiger charge is 2.28. The van der Waals surface area contributed by atoms with Gasteiger partial charge in [0, 0.05) is 24.6 Å². The number of aromatic nitrogens is 2. The van der Waals surface area contributed by atoms with E-state index in [0.717, 1.165) is 42.5 Å². The van der Waals surface area contributed by atoms with E-state index >= 15 is 0 Å². The number of benzene rings is 2. The van der Waals surface area contributed by atoms with Crippen LogP contribution in [0.15, 0.2) is 42.5 Å². The van der Waals surface area contributed by atoms with E-state index in [1.165, 1.54) is 0 Å². The number of rotatable bonds is 3. The Kier molecular flexibility index (Phi) is 4.62. The summed E-state index contributed by atoms with van der Waals surface area (Å²) in [6, 6.07) is 13.8. The van der Waals surface area contributed by atoms with Crippen LogP contribution in [0.2, 0.25) is 0 Å². The number of hydrogen-bond acceptors (Lipinski definition) is 4. The first-order valence-electron chi connectivity index (χ1n) is 10.3. The summed E-state index contributed by atoms with van der Waals surface area (Å²) in [5, 5.41) is 3.22. The highest BCUT2D eigenvalue weighted by molar-refractivity contribution is 5.95. The number of ether oxygens (including phenoxy) is 2. The summed E-state index contributed by atoms with van der Waals surface area (Å²) in [7, 11) is 2.09. The number of imidazole rings is 1. The molecule has 3 aromatic rings. The van der Waals surface area contributed by atoms with Gasteiger partial charge in [-0.2, -0.15) is 0 Å². The van der Waals surface area contributed by atoms with Crippen LogP contribution in [0.4, 0.5) is 0 Å². The van der Waals surface area contributed by atoms with Gasteiger partial charge in [-0.15, -0.1) is 0 Å². The number of para-hydroxylation sites is 2. The van der Waals surface area contributed by atoms with Crippen LogP contribution in [0.25, 0.3) is 11.0 Å². The molecule has 1 fully saturated rings. The van der Waals surface area contributed by atoms with Gasteiger partial charge in [-0.25, -0.2) is 4.98 Å². The predicted octanol–water partition coefficient (Wildman–Crippen LogP) is 3.80. The molecular formula is C23H25N3O3. The number of nitrogens with zero attached hydrogens (tertiary/aromatic N) is 2. The summed E-state index contributed by atoms with van der Waals surface area (Å²) in [5.74, 6) is 2.76. The van der Waals surface area contributed by atoms with Gasteiger partial charge in [-0.3, -0.25) is 4.79 Å². The largest absolute Gasteiger partial charge is 0.486 e. The summed E-state index contributed by atoms with van der Waals surface area (Å²) in [6.45, 7) is 1.06. The number of nitrogens with one attached hydrogen (secondary N) is 1.